The van der Waals surface area contributed by atoms with Crippen molar-refractivity contribution in [2.24, 2.45) is 0 Å². The Labute approximate surface area is 103 Å². The zero-order chi connectivity index (χ0) is 10.8. The number of nitrogens with zero attached hydrogens (tertiary/aromatic N) is 1. The fraction of sp³-hybridized carbons (Fsp3) is 0.909. The molecule has 0 spiro atoms. The predicted octanol–water partition coefficient (Wildman–Crippen LogP) is 0.532. The first kappa shape index (κ1) is 13.7. The van der Waals surface area contributed by atoms with E-state index in [2.05, 4.69) is 12.2 Å². The van der Waals surface area contributed by atoms with Crippen LogP contribution in [0.5, 0.6) is 0 Å². The predicted molar refractivity (Wildman–Crippen MR) is 64.7 cm³/mol. The molecule has 0 radical (unpaired) electrons. The van der Waals surface area contributed by atoms with Crippen LogP contribution in [-0.2, 0) is 4.79 Å². The average molecular weight is 249 g/mol. The second-order valence-electron chi connectivity index (χ2n) is 4.73. The van der Waals surface area contributed by atoms with E-state index in [1.54, 1.807) is 0 Å². The molecule has 0 bridgehead atoms. The Morgan fingerprint density at radius 3 is 2.75 bits per heavy atom. The lowest BCUT2D eigenvalue weighted by Gasteiger charge is -2.35. The summed E-state index contributed by atoms with van der Waals surface area (Å²) in [7, 11) is 0. The van der Waals surface area contributed by atoms with Gasteiger partial charge >= 0.3 is 0 Å². The van der Waals surface area contributed by atoms with Crippen LogP contribution in [0.4, 0.5) is 0 Å². The highest BCUT2D eigenvalue weighted by molar-refractivity contribution is 5.85. The van der Waals surface area contributed by atoms with E-state index in [1.165, 1.54) is 6.42 Å². The van der Waals surface area contributed by atoms with Crippen molar-refractivity contribution in [3.05, 3.63) is 0 Å². The maximum absolute atomic E-state index is 12.1. The molecule has 0 aromatic heterocycles. The Bertz CT molecular complexity index is 250. The number of β-amino-alcohol motifs (C(OH)–C–C–N with tert-alkyl or cyclic N) is 1. The summed E-state index contributed by atoms with van der Waals surface area (Å²) in [6, 6.07) is 0.214. The van der Waals surface area contributed by atoms with Gasteiger partial charge in [0.25, 0.3) is 0 Å². The van der Waals surface area contributed by atoms with E-state index in [-0.39, 0.29) is 30.5 Å². The van der Waals surface area contributed by atoms with Crippen molar-refractivity contribution >= 4 is 18.3 Å². The number of carbonyl (C=O) groups is 1. The minimum atomic E-state index is -0.348. The topological polar surface area (TPSA) is 52.6 Å². The first-order valence-corrected chi connectivity index (χ1v) is 5.90. The number of rotatable bonds is 1. The third-order valence-electron chi connectivity index (χ3n) is 3.49. The molecular weight excluding hydrogens is 228 g/mol. The van der Waals surface area contributed by atoms with Gasteiger partial charge in [-0.25, -0.2) is 0 Å². The molecule has 2 heterocycles. The van der Waals surface area contributed by atoms with Crippen LogP contribution in [0, 0.1) is 0 Å². The van der Waals surface area contributed by atoms with Gasteiger partial charge in [0, 0.05) is 19.1 Å². The number of halogens is 1. The highest BCUT2D eigenvalue weighted by Gasteiger charge is 2.33. The minimum absolute atomic E-state index is 0. The van der Waals surface area contributed by atoms with Gasteiger partial charge in [0.1, 0.15) is 0 Å². The number of hydrogen-bond acceptors (Lipinski definition) is 3. The molecule has 2 aliphatic heterocycles. The molecule has 0 aliphatic carbocycles. The average Bonchev–Trinajstić information content (AvgIpc) is 2.65. The summed E-state index contributed by atoms with van der Waals surface area (Å²) >= 11 is 0. The lowest BCUT2D eigenvalue weighted by Crippen LogP contribution is -2.49. The van der Waals surface area contributed by atoms with Gasteiger partial charge in [-0.1, -0.05) is 0 Å². The van der Waals surface area contributed by atoms with Crippen molar-refractivity contribution in [2.45, 2.75) is 50.8 Å². The van der Waals surface area contributed by atoms with Crippen molar-refractivity contribution in [3.8, 4) is 0 Å². The van der Waals surface area contributed by atoms with E-state index in [0.717, 1.165) is 19.4 Å². The number of nitrogens with one attached hydrogen (secondary N) is 1. The molecule has 4 nitrogen and oxygen atoms in total. The molecule has 16 heavy (non-hydrogen) atoms. The number of likely N-dealkylation sites (tertiary alicyclic amines) is 1. The standard InChI is InChI=1S/C11H20N2O2.ClH/c1-8-4-2-3-5-13(8)11(15)10-6-9(14)7-12-10;/h8-10,12,14H,2-7H2,1H3;1H. The summed E-state index contributed by atoms with van der Waals surface area (Å²) in [4.78, 5) is 14.1. The normalized spacial score (nSPS) is 34.6. The number of aliphatic hydroxyl groups excluding tert-OH is 1. The smallest absolute Gasteiger partial charge is 0.240 e. The Morgan fingerprint density at radius 1 is 1.44 bits per heavy atom. The van der Waals surface area contributed by atoms with Gasteiger partial charge in [0.2, 0.25) is 5.91 Å². The van der Waals surface area contributed by atoms with E-state index >= 15 is 0 Å². The summed E-state index contributed by atoms with van der Waals surface area (Å²) < 4.78 is 0. The summed E-state index contributed by atoms with van der Waals surface area (Å²) in [5.41, 5.74) is 0. The molecule has 3 unspecified atom stereocenters. The van der Waals surface area contributed by atoms with E-state index in [1.807, 2.05) is 4.90 Å². The molecule has 2 fully saturated rings. The molecule has 1 amide bonds. The zero-order valence-corrected chi connectivity index (χ0v) is 10.5. The van der Waals surface area contributed by atoms with E-state index in [4.69, 9.17) is 0 Å². The van der Waals surface area contributed by atoms with Crippen LogP contribution in [0.15, 0.2) is 0 Å². The van der Waals surface area contributed by atoms with Crippen LogP contribution in [0.25, 0.3) is 0 Å². The Morgan fingerprint density at radius 2 is 2.19 bits per heavy atom. The van der Waals surface area contributed by atoms with Gasteiger partial charge in [-0.2, -0.15) is 0 Å². The first-order chi connectivity index (χ1) is 7.18. The lowest BCUT2D eigenvalue weighted by atomic mass is 10.0. The van der Waals surface area contributed by atoms with Gasteiger partial charge < -0.3 is 15.3 Å². The van der Waals surface area contributed by atoms with Crippen molar-refractivity contribution in [1.82, 2.24) is 10.2 Å². The van der Waals surface area contributed by atoms with E-state index in [0.29, 0.717) is 19.0 Å². The first-order valence-electron chi connectivity index (χ1n) is 5.90. The maximum Gasteiger partial charge on any atom is 0.240 e. The maximum atomic E-state index is 12.1. The van der Waals surface area contributed by atoms with Crippen molar-refractivity contribution in [2.75, 3.05) is 13.1 Å². The van der Waals surface area contributed by atoms with Crippen LogP contribution in [0.1, 0.15) is 32.6 Å². The number of aliphatic hydroxyl groups is 1. The Hall–Kier alpha value is -0.320. The second kappa shape index (κ2) is 5.84. The van der Waals surface area contributed by atoms with Gasteiger partial charge in [-0.3, -0.25) is 4.79 Å². The quantitative estimate of drug-likeness (QED) is 0.712. The highest BCUT2D eigenvalue weighted by Crippen LogP contribution is 2.19. The second-order valence-corrected chi connectivity index (χ2v) is 4.73. The lowest BCUT2D eigenvalue weighted by molar-refractivity contribution is -0.136. The van der Waals surface area contributed by atoms with Crippen molar-refractivity contribution in [1.29, 1.82) is 0 Å². The fourth-order valence-corrected chi connectivity index (χ4v) is 2.53. The Kier molecular flexibility index (Phi) is 5.02. The monoisotopic (exact) mass is 248 g/mol. The molecule has 2 N–H and O–H groups in total. The molecule has 2 aliphatic rings. The van der Waals surface area contributed by atoms with Crippen molar-refractivity contribution < 1.29 is 9.90 Å². The van der Waals surface area contributed by atoms with E-state index in [9.17, 15) is 9.90 Å². The molecule has 5 heteroatoms. The zero-order valence-electron chi connectivity index (χ0n) is 9.69. The summed E-state index contributed by atoms with van der Waals surface area (Å²) in [6.45, 7) is 3.55. The number of amides is 1. The number of carbonyl (C=O) groups excluding carboxylic acids is 1. The third kappa shape index (κ3) is 2.87. The van der Waals surface area contributed by atoms with Crippen LogP contribution in [0.3, 0.4) is 0 Å². The Balaban J connectivity index is 0.00000128. The highest BCUT2D eigenvalue weighted by atomic mass is 35.5. The third-order valence-corrected chi connectivity index (χ3v) is 3.49. The van der Waals surface area contributed by atoms with Gasteiger partial charge in [-0.05, 0) is 32.6 Å². The summed E-state index contributed by atoms with van der Waals surface area (Å²) in [5, 5.41) is 12.5. The van der Waals surface area contributed by atoms with E-state index < -0.39 is 0 Å². The molecule has 0 aromatic rings. The summed E-state index contributed by atoms with van der Waals surface area (Å²) in [5.74, 6) is 0.179. The molecule has 3 atom stereocenters. The van der Waals surface area contributed by atoms with Crippen LogP contribution in [-0.4, -0.2) is 47.2 Å². The van der Waals surface area contributed by atoms with Gasteiger partial charge in [0.15, 0.2) is 0 Å². The van der Waals surface area contributed by atoms with Crippen LogP contribution >= 0.6 is 12.4 Å². The largest absolute Gasteiger partial charge is 0.392 e. The van der Waals surface area contributed by atoms with Crippen LogP contribution < -0.4 is 5.32 Å². The SMILES string of the molecule is CC1CCCCN1C(=O)C1CC(O)CN1.Cl. The summed E-state index contributed by atoms with van der Waals surface area (Å²) in [6.07, 6.45) is 3.68. The molecule has 94 valence electrons. The molecule has 0 saturated carbocycles. The van der Waals surface area contributed by atoms with Crippen LogP contribution in [0.2, 0.25) is 0 Å². The molecule has 0 aromatic carbocycles. The number of piperidine rings is 1. The molecule has 2 rings (SSSR count). The fourth-order valence-electron chi connectivity index (χ4n) is 2.53. The van der Waals surface area contributed by atoms with Crippen molar-refractivity contribution in [3.63, 3.8) is 0 Å². The number of hydrogen-bond donors (Lipinski definition) is 2. The minimum Gasteiger partial charge on any atom is -0.392 e. The van der Waals surface area contributed by atoms with Gasteiger partial charge in [0.05, 0.1) is 12.1 Å². The van der Waals surface area contributed by atoms with Gasteiger partial charge in [-0.15, -0.1) is 12.4 Å². The molecule has 2 saturated heterocycles. The molecular formula is C11H21ClN2O2.